The number of H-pyrrole nitrogens is 1. The van der Waals surface area contributed by atoms with Gasteiger partial charge in [-0.25, -0.2) is 9.78 Å². The Morgan fingerprint density at radius 2 is 1.73 bits per heavy atom. The number of aromatic amines is 1. The summed E-state index contributed by atoms with van der Waals surface area (Å²) in [4.78, 5) is 60.4. The average molecular weight is 619 g/mol. The van der Waals surface area contributed by atoms with E-state index in [9.17, 15) is 19.2 Å². The van der Waals surface area contributed by atoms with E-state index in [0.717, 1.165) is 69.8 Å². The Labute approximate surface area is 267 Å². The van der Waals surface area contributed by atoms with Crippen molar-refractivity contribution in [3.63, 3.8) is 0 Å². The van der Waals surface area contributed by atoms with E-state index in [1.54, 1.807) is 24.3 Å². The van der Waals surface area contributed by atoms with Gasteiger partial charge < -0.3 is 15.5 Å². The van der Waals surface area contributed by atoms with Crippen molar-refractivity contribution in [1.82, 2.24) is 25.5 Å². The summed E-state index contributed by atoms with van der Waals surface area (Å²) in [6.45, 7) is 6.46. The first-order valence-electron chi connectivity index (χ1n) is 16.6. The molecule has 0 spiro atoms. The molecule has 10 heteroatoms. The quantitative estimate of drug-likeness (QED) is 0.175. The van der Waals surface area contributed by atoms with Gasteiger partial charge in [0.2, 0.25) is 11.9 Å². The lowest BCUT2D eigenvalue weighted by atomic mass is 9.95. The summed E-state index contributed by atoms with van der Waals surface area (Å²) in [5.74, 6) is 2.38. The molecule has 1 aliphatic rings. The SMILES string of the molecule is C#CCN(C(=O)c1ccc(CNC(=O)Nc2nc(C(CC)CCCC)cc(=O)[nH]2)cc1)C(CCCC)C(=O)NC1CCCCC1. The van der Waals surface area contributed by atoms with E-state index in [1.807, 2.05) is 0 Å². The van der Waals surface area contributed by atoms with Crippen LogP contribution in [0.1, 0.15) is 125 Å². The molecule has 10 nitrogen and oxygen atoms in total. The summed E-state index contributed by atoms with van der Waals surface area (Å²) >= 11 is 0. The summed E-state index contributed by atoms with van der Waals surface area (Å²) in [5.41, 5.74) is 1.54. The van der Waals surface area contributed by atoms with Crippen molar-refractivity contribution in [3.8, 4) is 12.3 Å². The zero-order chi connectivity index (χ0) is 32.6. The molecular formula is C35H50N6O4. The van der Waals surface area contributed by atoms with E-state index in [-0.39, 0.29) is 48.4 Å². The van der Waals surface area contributed by atoms with Gasteiger partial charge in [0, 0.05) is 30.1 Å². The summed E-state index contributed by atoms with van der Waals surface area (Å²) in [5, 5.41) is 8.56. The third kappa shape index (κ3) is 11.1. The number of urea groups is 1. The molecular weight excluding hydrogens is 568 g/mol. The molecule has 1 heterocycles. The Balaban J connectivity index is 1.63. The van der Waals surface area contributed by atoms with E-state index in [1.165, 1.54) is 17.4 Å². The normalized spacial score (nSPS) is 14.5. The molecule has 0 bridgehead atoms. The van der Waals surface area contributed by atoms with E-state index in [4.69, 9.17) is 6.42 Å². The van der Waals surface area contributed by atoms with Crippen LogP contribution in [0, 0.1) is 12.3 Å². The van der Waals surface area contributed by atoms with Crippen LogP contribution in [0.2, 0.25) is 0 Å². The fourth-order valence-electron chi connectivity index (χ4n) is 5.81. The van der Waals surface area contributed by atoms with Gasteiger partial charge in [-0.05, 0) is 49.8 Å². The fourth-order valence-corrected chi connectivity index (χ4v) is 5.81. The number of nitrogens with one attached hydrogen (secondary N) is 4. The lowest BCUT2D eigenvalue weighted by Gasteiger charge is -2.32. The van der Waals surface area contributed by atoms with Gasteiger partial charge in [-0.2, -0.15) is 0 Å². The Morgan fingerprint density at radius 1 is 1.04 bits per heavy atom. The minimum Gasteiger partial charge on any atom is -0.352 e. The molecule has 1 aromatic carbocycles. The van der Waals surface area contributed by atoms with Gasteiger partial charge >= 0.3 is 6.03 Å². The lowest BCUT2D eigenvalue weighted by molar-refractivity contribution is -0.126. The first-order chi connectivity index (χ1) is 21.8. The van der Waals surface area contributed by atoms with Gasteiger partial charge in [0.05, 0.1) is 12.2 Å². The van der Waals surface area contributed by atoms with Gasteiger partial charge in [0.1, 0.15) is 6.04 Å². The number of aromatic nitrogens is 2. The highest BCUT2D eigenvalue weighted by molar-refractivity contribution is 5.98. The number of carbonyl (C=O) groups excluding carboxylic acids is 3. The molecule has 4 N–H and O–H groups in total. The van der Waals surface area contributed by atoms with E-state index < -0.39 is 12.1 Å². The molecule has 0 saturated heterocycles. The maximum Gasteiger partial charge on any atom is 0.321 e. The number of anilines is 1. The molecule has 2 unspecified atom stereocenters. The highest BCUT2D eigenvalue weighted by atomic mass is 16.2. The average Bonchev–Trinajstić information content (AvgIpc) is 3.04. The third-order valence-corrected chi connectivity index (χ3v) is 8.45. The summed E-state index contributed by atoms with van der Waals surface area (Å²) in [7, 11) is 0. The number of carbonyl (C=O) groups is 3. The monoisotopic (exact) mass is 618 g/mol. The number of nitrogens with zero attached hydrogens (tertiary/aromatic N) is 2. The summed E-state index contributed by atoms with van der Waals surface area (Å²) in [6, 6.07) is 7.35. The van der Waals surface area contributed by atoms with Crippen molar-refractivity contribution in [2.24, 2.45) is 0 Å². The maximum atomic E-state index is 13.6. The van der Waals surface area contributed by atoms with Crippen molar-refractivity contribution in [2.45, 2.75) is 122 Å². The number of benzene rings is 1. The smallest absolute Gasteiger partial charge is 0.321 e. The predicted octanol–water partition coefficient (Wildman–Crippen LogP) is 5.86. The topological polar surface area (TPSA) is 136 Å². The molecule has 1 saturated carbocycles. The first kappa shape index (κ1) is 35.4. The van der Waals surface area contributed by atoms with Gasteiger partial charge in [-0.1, -0.05) is 83.8 Å². The number of terminal acetylenes is 1. The molecule has 4 amide bonds. The number of hydrogen-bond acceptors (Lipinski definition) is 5. The third-order valence-electron chi connectivity index (χ3n) is 8.45. The summed E-state index contributed by atoms with van der Waals surface area (Å²) in [6.07, 6.45) is 17.1. The molecule has 0 radical (unpaired) electrons. The maximum absolute atomic E-state index is 13.6. The zero-order valence-electron chi connectivity index (χ0n) is 27.1. The van der Waals surface area contributed by atoms with Crippen LogP contribution < -0.4 is 21.5 Å². The Morgan fingerprint density at radius 3 is 2.38 bits per heavy atom. The number of rotatable bonds is 16. The van der Waals surface area contributed by atoms with Gasteiger partial charge in [-0.3, -0.25) is 24.7 Å². The minimum atomic E-state index is -0.640. The predicted molar refractivity (Wildman–Crippen MR) is 178 cm³/mol. The second-order valence-corrected chi connectivity index (χ2v) is 11.9. The standard InChI is InChI=1S/C35H50N6O4/c1-5-9-14-26(8-4)29-23-31(42)39-34(38-29)40-35(45)36-24-25-18-20-27(21-19-25)33(44)41(22-7-3)30(17-10-6-2)32(43)37-28-15-12-11-13-16-28/h3,18-21,23,26,28,30H,5-6,8-17,22,24H2,1-2,4H3,(H,37,43)(H3,36,38,39,40,42,45). The van der Waals surface area contributed by atoms with Crippen molar-refractivity contribution < 1.29 is 14.4 Å². The lowest BCUT2D eigenvalue weighted by Crippen LogP contribution is -2.52. The van der Waals surface area contributed by atoms with Crippen LogP contribution in [0.15, 0.2) is 35.1 Å². The molecule has 1 aliphatic carbocycles. The summed E-state index contributed by atoms with van der Waals surface area (Å²) < 4.78 is 0. The molecule has 0 aliphatic heterocycles. The molecule has 244 valence electrons. The van der Waals surface area contributed by atoms with E-state index >= 15 is 0 Å². The van der Waals surface area contributed by atoms with Crippen LogP contribution in [0.25, 0.3) is 0 Å². The molecule has 3 rings (SSSR count). The first-order valence-corrected chi connectivity index (χ1v) is 16.6. The zero-order valence-corrected chi connectivity index (χ0v) is 27.1. The Bertz CT molecular complexity index is 1340. The van der Waals surface area contributed by atoms with Crippen LogP contribution in [-0.2, 0) is 11.3 Å². The number of hydrogen-bond donors (Lipinski definition) is 4. The minimum absolute atomic E-state index is 0.0315. The Kier molecular flexibility index (Phi) is 14.6. The van der Waals surface area contributed by atoms with E-state index in [2.05, 4.69) is 52.6 Å². The largest absolute Gasteiger partial charge is 0.352 e. The molecule has 45 heavy (non-hydrogen) atoms. The molecule has 2 aromatic rings. The highest BCUT2D eigenvalue weighted by Crippen LogP contribution is 2.23. The van der Waals surface area contributed by atoms with Gasteiger partial charge in [-0.15, -0.1) is 6.42 Å². The molecule has 1 aromatic heterocycles. The molecule has 2 atom stereocenters. The van der Waals surface area contributed by atoms with Crippen molar-refractivity contribution in [1.29, 1.82) is 0 Å². The van der Waals surface area contributed by atoms with Crippen LogP contribution in [0.3, 0.4) is 0 Å². The van der Waals surface area contributed by atoms with Crippen LogP contribution in [0.4, 0.5) is 10.7 Å². The van der Waals surface area contributed by atoms with Gasteiger partial charge in [0.25, 0.3) is 11.5 Å². The molecule has 1 fully saturated rings. The second-order valence-electron chi connectivity index (χ2n) is 11.9. The van der Waals surface area contributed by atoms with Crippen LogP contribution in [-0.4, -0.2) is 51.3 Å². The highest BCUT2D eigenvalue weighted by Gasteiger charge is 2.31. The Hall–Kier alpha value is -4.13. The van der Waals surface area contributed by atoms with Crippen molar-refractivity contribution in [3.05, 3.63) is 57.5 Å². The van der Waals surface area contributed by atoms with Crippen molar-refractivity contribution >= 4 is 23.8 Å². The van der Waals surface area contributed by atoms with Gasteiger partial charge in [0.15, 0.2) is 0 Å². The fraction of sp³-hybridized carbons (Fsp3) is 0.571. The number of amides is 4. The second kappa shape index (κ2) is 18.6. The van der Waals surface area contributed by atoms with Crippen LogP contribution in [0.5, 0.6) is 0 Å². The van der Waals surface area contributed by atoms with E-state index in [0.29, 0.717) is 17.7 Å². The van der Waals surface area contributed by atoms with Crippen molar-refractivity contribution in [2.75, 3.05) is 11.9 Å². The number of unbranched alkanes of at least 4 members (excludes halogenated alkanes) is 2. The van der Waals surface area contributed by atoms with Crippen LogP contribution >= 0.6 is 0 Å².